The summed E-state index contributed by atoms with van der Waals surface area (Å²) in [6.45, 7) is 4.56. The van der Waals surface area contributed by atoms with Gasteiger partial charge in [-0.3, -0.25) is 29.3 Å². The van der Waals surface area contributed by atoms with Crippen molar-refractivity contribution in [3.05, 3.63) is 52.6 Å². The van der Waals surface area contributed by atoms with E-state index in [2.05, 4.69) is 19.5 Å². The quantitative estimate of drug-likeness (QED) is 0.108. The van der Waals surface area contributed by atoms with Gasteiger partial charge in [-0.05, 0) is 36.4 Å². The van der Waals surface area contributed by atoms with E-state index in [1.165, 1.54) is 26.0 Å². The first-order chi connectivity index (χ1) is 18.5. The predicted molar refractivity (Wildman–Crippen MR) is 127 cm³/mol. The number of rotatable bonds is 4. The summed E-state index contributed by atoms with van der Waals surface area (Å²) < 4.78 is 81.6. The first-order valence-corrected chi connectivity index (χ1v) is 10.3. The Morgan fingerprint density at radius 3 is 1.54 bits per heavy atom. The molecule has 19 heteroatoms. The second-order valence-corrected chi connectivity index (χ2v) is 6.89. The summed E-state index contributed by atoms with van der Waals surface area (Å²) in [5.41, 5.74) is 4.75. The molecule has 0 radical (unpaired) electrons. The number of halogens is 6. The number of anilines is 2. The van der Waals surface area contributed by atoms with Crippen LogP contribution < -0.4 is 20.5 Å². The number of carbonyl (C=O) groups excluding carboxylic acids is 3. The van der Waals surface area contributed by atoms with E-state index in [-0.39, 0.29) is 11.4 Å². The molecule has 13 nitrogen and oxygen atoms in total. The van der Waals surface area contributed by atoms with Crippen LogP contribution in [0.3, 0.4) is 0 Å². The maximum atomic E-state index is 11.9. The highest BCUT2D eigenvalue weighted by atomic mass is 19.4. The largest absolute Gasteiger partial charge is 0.573 e. The number of carboxylic acids is 1. The fraction of sp³-hybridized carbons (Fsp3) is 0.273. The smallest absolute Gasteiger partial charge is 0.481 e. The van der Waals surface area contributed by atoms with Crippen molar-refractivity contribution in [3.63, 3.8) is 0 Å². The van der Waals surface area contributed by atoms with E-state index in [0.717, 1.165) is 38.1 Å². The molecule has 0 aromatic heterocycles. The summed E-state index contributed by atoms with van der Waals surface area (Å²) in [6, 6.07) is 7.39. The molecule has 1 amide bonds. The van der Waals surface area contributed by atoms with Gasteiger partial charge in [0.2, 0.25) is 5.91 Å². The third kappa shape index (κ3) is 23.7. The van der Waals surface area contributed by atoms with Crippen molar-refractivity contribution in [1.29, 1.82) is 0 Å². The molecule has 41 heavy (non-hydrogen) atoms. The van der Waals surface area contributed by atoms with Crippen LogP contribution in [0.15, 0.2) is 42.5 Å². The molecule has 0 unspecified atom stereocenters. The number of nitro benzene ring substituents is 1. The molecule has 0 aliphatic rings. The number of nitrogen functional groups attached to an aromatic ring is 1. The molecular weight excluding hydrogens is 580 g/mol. The van der Waals surface area contributed by atoms with Gasteiger partial charge < -0.3 is 30.4 Å². The summed E-state index contributed by atoms with van der Waals surface area (Å²) in [7, 11) is 0. The molecule has 0 saturated carbocycles. The van der Waals surface area contributed by atoms with Crippen LogP contribution in [0.1, 0.15) is 27.7 Å². The zero-order valence-electron chi connectivity index (χ0n) is 21.5. The lowest BCUT2D eigenvalue weighted by molar-refractivity contribution is -0.384. The van der Waals surface area contributed by atoms with Crippen molar-refractivity contribution >= 4 is 40.9 Å². The van der Waals surface area contributed by atoms with Crippen LogP contribution in [0.25, 0.3) is 0 Å². The van der Waals surface area contributed by atoms with Gasteiger partial charge in [-0.1, -0.05) is 0 Å². The third-order valence-corrected chi connectivity index (χ3v) is 3.11. The SMILES string of the molecule is CC(=O)Nc1ccc(OC(F)(F)F)cc1[N+](=O)[O-].CC(=O)O.CC(=O)OC(C)=O.Nc1ccc(OC(F)(F)F)cc1. The van der Waals surface area contributed by atoms with Crippen molar-refractivity contribution in [2.24, 2.45) is 0 Å². The van der Waals surface area contributed by atoms with Crippen LogP contribution in [0.2, 0.25) is 0 Å². The molecule has 0 atom stereocenters. The number of carbonyl (C=O) groups is 4. The Morgan fingerprint density at radius 2 is 1.22 bits per heavy atom. The molecule has 0 aliphatic heterocycles. The molecule has 4 N–H and O–H groups in total. The summed E-state index contributed by atoms with van der Waals surface area (Å²) in [4.78, 5) is 49.1. The van der Waals surface area contributed by atoms with Crippen molar-refractivity contribution in [3.8, 4) is 11.5 Å². The summed E-state index contributed by atoms with van der Waals surface area (Å²) >= 11 is 0. The number of benzene rings is 2. The molecule has 2 aromatic rings. The van der Waals surface area contributed by atoms with Crippen molar-refractivity contribution in [2.45, 2.75) is 40.4 Å². The summed E-state index contributed by atoms with van der Waals surface area (Å²) in [6.07, 6.45) is -9.58. The van der Waals surface area contributed by atoms with E-state index in [4.69, 9.17) is 15.6 Å². The number of alkyl halides is 6. The van der Waals surface area contributed by atoms with Gasteiger partial charge in [0.15, 0.2) is 0 Å². The van der Waals surface area contributed by atoms with Gasteiger partial charge in [-0.15, -0.1) is 26.3 Å². The fourth-order valence-electron chi connectivity index (χ4n) is 2.03. The van der Waals surface area contributed by atoms with Gasteiger partial charge >= 0.3 is 24.7 Å². The molecule has 0 bridgehead atoms. The summed E-state index contributed by atoms with van der Waals surface area (Å²) in [5, 5.41) is 20.2. The summed E-state index contributed by atoms with van der Waals surface area (Å²) in [5.74, 6) is -3.54. The Labute approximate surface area is 226 Å². The number of nitrogens with two attached hydrogens (primary N) is 1. The second kappa shape index (κ2) is 17.5. The highest BCUT2D eigenvalue weighted by Crippen LogP contribution is 2.32. The molecule has 2 rings (SSSR count). The number of nitrogens with one attached hydrogen (secondary N) is 1. The number of amides is 1. The Balaban J connectivity index is 0. The first kappa shape index (κ1) is 38.0. The van der Waals surface area contributed by atoms with Crippen LogP contribution in [-0.2, 0) is 23.9 Å². The van der Waals surface area contributed by atoms with Crippen LogP contribution in [-0.4, -0.2) is 46.6 Å². The highest BCUT2D eigenvalue weighted by molar-refractivity contribution is 5.91. The van der Waals surface area contributed by atoms with Gasteiger partial charge in [0.1, 0.15) is 17.2 Å². The molecule has 0 aliphatic carbocycles. The minimum absolute atomic E-state index is 0.206. The molecule has 228 valence electrons. The maximum absolute atomic E-state index is 11.9. The number of esters is 2. The van der Waals surface area contributed by atoms with E-state index < -0.39 is 52.9 Å². The molecule has 0 fully saturated rings. The highest BCUT2D eigenvalue weighted by Gasteiger charge is 2.32. The van der Waals surface area contributed by atoms with E-state index in [1.54, 1.807) is 0 Å². The maximum Gasteiger partial charge on any atom is 0.573 e. The molecular formula is C22H23F6N3O10. The zero-order valence-corrected chi connectivity index (χ0v) is 21.5. The second-order valence-electron chi connectivity index (χ2n) is 6.89. The normalized spacial score (nSPS) is 10.0. The lowest BCUT2D eigenvalue weighted by Gasteiger charge is -2.10. The number of nitrogens with zero attached hydrogens (tertiary/aromatic N) is 1. The standard InChI is InChI=1S/C9H7F3N2O4.C7H6F3NO.C4H6O3.C2H4O2/c1-5(15)13-7-3-2-6(18-9(10,11)12)4-8(7)14(16)17;8-7(9,10)12-6-3-1-5(11)2-4-6;1-3(5)7-4(2)6;1-2(3)4/h2-4H,1H3,(H,13,15);1-4H,11H2;1-2H3;1H3,(H,3,4). The van der Waals surface area contributed by atoms with Crippen LogP contribution in [0, 0.1) is 10.1 Å². The first-order valence-electron chi connectivity index (χ1n) is 10.3. The van der Waals surface area contributed by atoms with Gasteiger partial charge in [0, 0.05) is 33.4 Å². The van der Waals surface area contributed by atoms with E-state index >= 15 is 0 Å². The monoisotopic (exact) mass is 603 g/mol. The number of hydrogen-bond donors (Lipinski definition) is 3. The zero-order chi connectivity index (χ0) is 32.6. The Hall–Kier alpha value is -5.10. The topological polar surface area (TPSA) is 197 Å². The van der Waals surface area contributed by atoms with E-state index in [9.17, 15) is 50.8 Å². The number of ether oxygens (including phenoxy) is 3. The Bertz CT molecular complexity index is 1170. The van der Waals surface area contributed by atoms with Gasteiger partial charge in [-0.2, -0.15) is 0 Å². The Kier molecular flexibility index (Phi) is 16.2. The van der Waals surface area contributed by atoms with Gasteiger partial charge in [0.25, 0.3) is 11.7 Å². The van der Waals surface area contributed by atoms with Crippen LogP contribution >= 0.6 is 0 Å². The van der Waals surface area contributed by atoms with Crippen LogP contribution in [0.5, 0.6) is 11.5 Å². The fourth-order valence-corrected chi connectivity index (χ4v) is 2.03. The number of hydrogen-bond acceptors (Lipinski definition) is 10. The average molecular weight is 603 g/mol. The van der Waals surface area contributed by atoms with Crippen LogP contribution in [0.4, 0.5) is 43.4 Å². The average Bonchev–Trinajstić information content (AvgIpc) is 2.73. The number of nitro groups is 1. The lowest BCUT2D eigenvalue weighted by atomic mass is 10.2. The molecule has 0 heterocycles. The van der Waals surface area contributed by atoms with Crippen molar-refractivity contribution in [2.75, 3.05) is 11.1 Å². The molecule has 0 spiro atoms. The van der Waals surface area contributed by atoms with Crippen molar-refractivity contribution < 1.29 is 69.8 Å². The molecule has 2 aromatic carbocycles. The predicted octanol–water partition coefficient (Wildman–Crippen LogP) is 4.81. The molecule has 0 saturated heterocycles. The minimum Gasteiger partial charge on any atom is -0.481 e. The lowest BCUT2D eigenvalue weighted by Crippen LogP contribution is -2.17. The Morgan fingerprint density at radius 1 is 0.829 bits per heavy atom. The minimum atomic E-state index is -4.94. The van der Waals surface area contributed by atoms with Crippen molar-refractivity contribution in [1.82, 2.24) is 0 Å². The van der Waals surface area contributed by atoms with E-state index in [0.29, 0.717) is 11.8 Å². The van der Waals surface area contributed by atoms with E-state index in [1.807, 2.05) is 0 Å². The number of carboxylic acid groups (broad SMARTS) is 1. The third-order valence-electron chi connectivity index (χ3n) is 3.11. The van der Waals surface area contributed by atoms with Gasteiger partial charge in [-0.25, -0.2) is 0 Å². The van der Waals surface area contributed by atoms with Gasteiger partial charge in [0.05, 0.1) is 11.0 Å². The number of aliphatic carboxylic acids is 1.